The van der Waals surface area contributed by atoms with Gasteiger partial charge in [0.2, 0.25) is 0 Å². The highest BCUT2D eigenvalue weighted by Crippen LogP contribution is 2.20. The summed E-state index contributed by atoms with van der Waals surface area (Å²) in [4.78, 5) is 2.43. The van der Waals surface area contributed by atoms with Crippen LogP contribution in [0.2, 0.25) is 5.02 Å². The Morgan fingerprint density at radius 1 is 1.35 bits per heavy atom. The number of hydrogen-bond acceptors (Lipinski definition) is 2. The molecule has 0 fully saturated rings. The Hall–Kier alpha value is -0.570. The van der Waals surface area contributed by atoms with Gasteiger partial charge in [0, 0.05) is 24.2 Å². The molecule has 0 amide bonds. The minimum atomic E-state index is 0.544. The van der Waals surface area contributed by atoms with Gasteiger partial charge in [-0.05, 0) is 37.1 Å². The Kier molecular flexibility index (Phi) is 5.96. The monoisotopic (exact) mass is 254 g/mol. The van der Waals surface area contributed by atoms with Gasteiger partial charge in [-0.2, -0.15) is 0 Å². The van der Waals surface area contributed by atoms with Crippen molar-refractivity contribution in [1.82, 2.24) is 4.90 Å². The molecule has 96 valence electrons. The van der Waals surface area contributed by atoms with Crippen LogP contribution < -0.4 is 5.73 Å². The molecule has 17 heavy (non-hydrogen) atoms. The summed E-state index contributed by atoms with van der Waals surface area (Å²) in [5, 5.41) is 0.828. The second-order valence-electron chi connectivity index (χ2n) is 4.45. The van der Waals surface area contributed by atoms with E-state index in [0.29, 0.717) is 12.6 Å². The molecule has 2 N–H and O–H groups in total. The minimum Gasteiger partial charge on any atom is -0.326 e. The largest absolute Gasteiger partial charge is 0.326 e. The highest BCUT2D eigenvalue weighted by Gasteiger charge is 2.12. The van der Waals surface area contributed by atoms with Crippen LogP contribution in [0.25, 0.3) is 0 Å². The molecule has 0 bridgehead atoms. The number of hydrogen-bond donors (Lipinski definition) is 1. The summed E-state index contributed by atoms with van der Waals surface area (Å²) in [6, 6.07) is 6.72. The van der Waals surface area contributed by atoms with Gasteiger partial charge in [0.1, 0.15) is 0 Å². The second kappa shape index (κ2) is 7.00. The Morgan fingerprint density at radius 3 is 2.53 bits per heavy atom. The van der Waals surface area contributed by atoms with E-state index in [4.69, 9.17) is 17.3 Å². The van der Waals surface area contributed by atoms with E-state index in [1.165, 1.54) is 5.56 Å². The van der Waals surface area contributed by atoms with Gasteiger partial charge in [0.25, 0.3) is 0 Å². The van der Waals surface area contributed by atoms with Crippen molar-refractivity contribution in [1.29, 1.82) is 0 Å². The van der Waals surface area contributed by atoms with Gasteiger partial charge in [-0.25, -0.2) is 0 Å². The van der Waals surface area contributed by atoms with Crippen molar-refractivity contribution < 1.29 is 0 Å². The SMILES string of the molecule is CCC(C)N(CC)Cc1ccc(CN)cc1Cl. The molecule has 3 heteroatoms. The second-order valence-corrected chi connectivity index (χ2v) is 4.86. The standard InChI is InChI=1S/C14H23ClN2/c1-4-11(3)17(5-2)10-13-7-6-12(9-16)8-14(13)15/h6-8,11H,4-5,9-10,16H2,1-3H3. The summed E-state index contributed by atoms with van der Waals surface area (Å²) in [5.74, 6) is 0. The van der Waals surface area contributed by atoms with Crippen molar-refractivity contribution in [3.05, 3.63) is 34.3 Å². The van der Waals surface area contributed by atoms with Gasteiger partial charge in [-0.15, -0.1) is 0 Å². The Labute approximate surface area is 110 Å². The molecule has 0 aromatic heterocycles. The predicted octanol–water partition coefficient (Wildman–Crippen LogP) is 3.42. The zero-order chi connectivity index (χ0) is 12.8. The van der Waals surface area contributed by atoms with Crippen LogP contribution in [0.3, 0.4) is 0 Å². The van der Waals surface area contributed by atoms with Crippen molar-refractivity contribution in [3.63, 3.8) is 0 Å². The molecule has 0 aliphatic carbocycles. The molecule has 0 aliphatic heterocycles. The number of nitrogens with zero attached hydrogens (tertiary/aromatic N) is 1. The lowest BCUT2D eigenvalue weighted by Gasteiger charge is -2.27. The summed E-state index contributed by atoms with van der Waals surface area (Å²) in [7, 11) is 0. The Balaban J connectivity index is 2.79. The first kappa shape index (κ1) is 14.5. The zero-order valence-electron chi connectivity index (χ0n) is 11.0. The first-order chi connectivity index (χ1) is 8.12. The average molecular weight is 255 g/mol. The highest BCUT2D eigenvalue weighted by molar-refractivity contribution is 6.31. The minimum absolute atomic E-state index is 0.544. The van der Waals surface area contributed by atoms with E-state index in [9.17, 15) is 0 Å². The van der Waals surface area contributed by atoms with Gasteiger partial charge in [-0.1, -0.05) is 37.6 Å². The van der Waals surface area contributed by atoms with Gasteiger partial charge in [0.05, 0.1) is 0 Å². The molecule has 1 atom stereocenters. The molecule has 0 heterocycles. The van der Waals surface area contributed by atoms with E-state index in [2.05, 4.69) is 37.8 Å². The molecule has 1 aromatic carbocycles. The summed E-state index contributed by atoms with van der Waals surface area (Å²) < 4.78 is 0. The molecular weight excluding hydrogens is 232 g/mol. The third-order valence-corrected chi connectivity index (χ3v) is 3.70. The molecule has 2 nitrogen and oxygen atoms in total. The maximum Gasteiger partial charge on any atom is 0.0454 e. The number of rotatable bonds is 6. The first-order valence-electron chi connectivity index (χ1n) is 6.33. The van der Waals surface area contributed by atoms with Crippen LogP contribution in [0.4, 0.5) is 0 Å². The first-order valence-corrected chi connectivity index (χ1v) is 6.71. The third kappa shape index (κ3) is 3.98. The van der Waals surface area contributed by atoms with Crippen LogP contribution in [0.1, 0.15) is 38.3 Å². The number of nitrogens with two attached hydrogens (primary N) is 1. The Morgan fingerprint density at radius 2 is 2.06 bits per heavy atom. The van der Waals surface area contributed by atoms with Gasteiger partial charge in [-0.3, -0.25) is 4.90 Å². The molecular formula is C14H23ClN2. The van der Waals surface area contributed by atoms with Crippen molar-refractivity contribution in [3.8, 4) is 0 Å². The van der Waals surface area contributed by atoms with E-state index in [1.54, 1.807) is 0 Å². The summed E-state index contributed by atoms with van der Waals surface area (Å²) in [6.45, 7) is 9.16. The maximum absolute atomic E-state index is 6.27. The lowest BCUT2D eigenvalue weighted by atomic mass is 10.1. The third-order valence-electron chi connectivity index (χ3n) is 3.35. The van der Waals surface area contributed by atoms with Crippen LogP contribution in [-0.4, -0.2) is 17.5 Å². The fourth-order valence-corrected chi connectivity index (χ4v) is 2.17. The summed E-state index contributed by atoms with van der Waals surface area (Å²) >= 11 is 6.27. The Bertz CT molecular complexity index is 352. The topological polar surface area (TPSA) is 29.3 Å². The molecule has 0 saturated heterocycles. The quantitative estimate of drug-likeness (QED) is 0.843. The molecule has 1 aromatic rings. The molecule has 1 unspecified atom stereocenters. The van der Waals surface area contributed by atoms with Crippen molar-refractivity contribution >= 4 is 11.6 Å². The van der Waals surface area contributed by atoms with Crippen LogP contribution in [0.15, 0.2) is 18.2 Å². The fraction of sp³-hybridized carbons (Fsp3) is 0.571. The van der Waals surface area contributed by atoms with Crippen molar-refractivity contribution in [2.45, 2.75) is 46.3 Å². The van der Waals surface area contributed by atoms with Gasteiger partial charge < -0.3 is 5.73 Å². The van der Waals surface area contributed by atoms with Crippen molar-refractivity contribution in [2.75, 3.05) is 6.54 Å². The lowest BCUT2D eigenvalue weighted by molar-refractivity contribution is 0.206. The van der Waals surface area contributed by atoms with Crippen molar-refractivity contribution in [2.24, 2.45) is 5.73 Å². The van der Waals surface area contributed by atoms with E-state index in [1.807, 2.05) is 6.07 Å². The van der Waals surface area contributed by atoms with E-state index >= 15 is 0 Å². The van der Waals surface area contributed by atoms with Gasteiger partial charge >= 0.3 is 0 Å². The van der Waals surface area contributed by atoms with Crippen LogP contribution in [-0.2, 0) is 13.1 Å². The highest BCUT2D eigenvalue weighted by atomic mass is 35.5. The average Bonchev–Trinajstić information content (AvgIpc) is 2.36. The van der Waals surface area contributed by atoms with Crippen LogP contribution in [0, 0.1) is 0 Å². The molecule has 0 spiro atoms. The van der Waals surface area contributed by atoms with E-state index in [0.717, 1.165) is 30.1 Å². The van der Waals surface area contributed by atoms with E-state index in [-0.39, 0.29) is 0 Å². The van der Waals surface area contributed by atoms with Gasteiger partial charge in [0.15, 0.2) is 0 Å². The summed E-state index contributed by atoms with van der Waals surface area (Å²) in [6.07, 6.45) is 1.16. The smallest absolute Gasteiger partial charge is 0.0454 e. The molecule has 1 rings (SSSR count). The number of halogens is 1. The molecule has 0 radical (unpaired) electrons. The normalized spacial score (nSPS) is 13.1. The predicted molar refractivity (Wildman–Crippen MR) is 75.2 cm³/mol. The maximum atomic E-state index is 6.27. The molecule has 0 saturated carbocycles. The van der Waals surface area contributed by atoms with E-state index < -0.39 is 0 Å². The molecule has 0 aliphatic rings. The summed E-state index contributed by atoms with van der Waals surface area (Å²) in [5.41, 5.74) is 7.87. The van der Waals surface area contributed by atoms with Crippen LogP contribution in [0.5, 0.6) is 0 Å². The van der Waals surface area contributed by atoms with Crippen LogP contribution >= 0.6 is 11.6 Å². The zero-order valence-corrected chi connectivity index (χ0v) is 11.8. The fourth-order valence-electron chi connectivity index (χ4n) is 1.90. The lowest BCUT2D eigenvalue weighted by Crippen LogP contribution is -2.31. The number of benzene rings is 1.